The third kappa shape index (κ3) is 5.49. The summed E-state index contributed by atoms with van der Waals surface area (Å²) in [6.07, 6.45) is 0.889. The van der Waals surface area contributed by atoms with Crippen LogP contribution >= 0.6 is 0 Å². The van der Waals surface area contributed by atoms with Crippen molar-refractivity contribution < 1.29 is 14.2 Å². The molecule has 0 fully saturated rings. The number of hydrogen-bond donors (Lipinski definition) is 0. The van der Waals surface area contributed by atoms with Crippen molar-refractivity contribution in [2.45, 2.75) is 20.0 Å². The fourth-order valence-corrected chi connectivity index (χ4v) is 4.05. The summed E-state index contributed by atoms with van der Waals surface area (Å²) in [5.74, 6) is 2.55. The van der Waals surface area contributed by atoms with E-state index in [4.69, 9.17) is 14.2 Å². The summed E-state index contributed by atoms with van der Waals surface area (Å²) in [7, 11) is 3.38. The van der Waals surface area contributed by atoms with E-state index in [1.165, 1.54) is 16.7 Å². The second-order valence-corrected chi connectivity index (χ2v) is 7.96. The molecule has 0 unspecified atom stereocenters. The first kappa shape index (κ1) is 23.2. The quantitative estimate of drug-likeness (QED) is 0.245. The Morgan fingerprint density at radius 3 is 1.50 bits per heavy atom. The molecular formula is C31H30O3. The van der Waals surface area contributed by atoms with E-state index in [-0.39, 0.29) is 0 Å². The SMILES string of the molecule is CC/C(=C(/c1ccc(OC)cc1)c1ccc(OCc2ccccc2)cc1)c1ccc(OC)cc1. The van der Waals surface area contributed by atoms with Crippen molar-refractivity contribution in [1.29, 1.82) is 0 Å². The van der Waals surface area contributed by atoms with Crippen molar-refractivity contribution in [1.82, 2.24) is 0 Å². The molecule has 0 spiro atoms. The molecule has 0 radical (unpaired) electrons. The van der Waals surface area contributed by atoms with Crippen LogP contribution in [0.1, 0.15) is 35.6 Å². The first-order chi connectivity index (χ1) is 16.7. The van der Waals surface area contributed by atoms with Crippen molar-refractivity contribution in [3.8, 4) is 17.2 Å². The van der Waals surface area contributed by atoms with Crippen LogP contribution in [0.5, 0.6) is 17.2 Å². The van der Waals surface area contributed by atoms with Gasteiger partial charge >= 0.3 is 0 Å². The van der Waals surface area contributed by atoms with Crippen LogP contribution in [0.4, 0.5) is 0 Å². The highest BCUT2D eigenvalue weighted by Gasteiger charge is 2.14. The van der Waals surface area contributed by atoms with Crippen LogP contribution in [0.15, 0.2) is 103 Å². The first-order valence-electron chi connectivity index (χ1n) is 11.5. The standard InChI is InChI=1S/C31H30O3/c1-4-30(24-10-16-27(32-2)17-11-24)31(25-12-18-28(33-3)19-13-25)26-14-20-29(21-15-26)34-22-23-8-6-5-7-9-23/h5-21H,4,22H2,1-3H3/b31-30+. The molecule has 0 aliphatic carbocycles. The summed E-state index contributed by atoms with van der Waals surface area (Å²) >= 11 is 0. The lowest BCUT2D eigenvalue weighted by Crippen LogP contribution is -1.97. The molecule has 0 saturated carbocycles. The molecule has 0 saturated heterocycles. The topological polar surface area (TPSA) is 27.7 Å². The average molecular weight is 451 g/mol. The second-order valence-electron chi connectivity index (χ2n) is 7.96. The normalized spacial score (nSPS) is 11.5. The summed E-state index contributed by atoms with van der Waals surface area (Å²) in [4.78, 5) is 0. The Bertz CT molecular complexity index is 1210. The highest BCUT2D eigenvalue weighted by molar-refractivity contribution is 5.98. The van der Waals surface area contributed by atoms with Crippen LogP contribution in [-0.4, -0.2) is 14.2 Å². The Morgan fingerprint density at radius 2 is 1.03 bits per heavy atom. The van der Waals surface area contributed by atoms with Gasteiger partial charge in [-0.05, 0) is 76.2 Å². The van der Waals surface area contributed by atoms with Crippen LogP contribution in [0.2, 0.25) is 0 Å². The number of rotatable bonds is 9. The number of benzene rings is 4. The van der Waals surface area contributed by atoms with E-state index < -0.39 is 0 Å². The maximum Gasteiger partial charge on any atom is 0.119 e. The average Bonchev–Trinajstić information content (AvgIpc) is 2.92. The van der Waals surface area contributed by atoms with Gasteiger partial charge in [0.15, 0.2) is 0 Å². The van der Waals surface area contributed by atoms with Gasteiger partial charge in [0.25, 0.3) is 0 Å². The second kappa shape index (κ2) is 11.2. The zero-order valence-electron chi connectivity index (χ0n) is 20.0. The smallest absolute Gasteiger partial charge is 0.119 e. The maximum atomic E-state index is 6.01. The van der Waals surface area contributed by atoms with E-state index in [0.29, 0.717) is 6.61 Å². The van der Waals surface area contributed by atoms with Crippen molar-refractivity contribution >= 4 is 11.1 Å². The number of allylic oxidation sites excluding steroid dienone is 1. The Kier molecular flexibility index (Phi) is 7.67. The molecule has 4 rings (SSSR count). The summed E-state index contributed by atoms with van der Waals surface area (Å²) < 4.78 is 16.8. The van der Waals surface area contributed by atoms with Gasteiger partial charge in [-0.25, -0.2) is 0 Å². The van der Waals surface area contributed by atoms with E-state index in [0.717, 1.165) is 40.4 Å². The van der Waals surface area contributed by atoms with E-state index in [2.05, 4.69) is 55.5 Å². The summed E-state index contributed by atoms with van der Waals surface area (Å²) in [6.45, 7) is 2.74. The van der Waals surface area contributed by atoms with Gasteiger partial charge in [-0.15, -0.1) is 0 Å². The number of hydrogen-bond acceptors (Lipinski definition) is 3. The molecule has 0 N–H and O–H groups in total. The number of methoxy groups -OCH3 is 2. The molecule has 4 aromatic rings. The molecule has 0 atom stereocenters. The molecule has 0 aliphatic heterocycles. The molecule has 34 heavy (non-hydrogen) atoms. The van der Waals surface area contributed by atoms with Gasteiger partial charge < -0.3 is 14.2 Å². The van der Waals surface area contributed by atoms with Crippen molar-refractivity contribution in [2.24, 2.45) is 0 Å². The van der Waals surface area contributed by atoms with Crippen molar-refractivity contribution in [3.63, 3.8) is 0 Å². The lowest BCUT2D eigenvalue weighted by molar-refractivity contribution is 0.306. The fourth-order valence-electron chi connectivity index (χ4n) is 4.05. The van der Waals surface area contributed by atoms with Gasteiger partial charge in [0.2, 0.25) is 0 Å². The molecule has 3 nitrogen and oxygen atoms in total. The van der Waals surface area contributed by atoms with Crippen LogP contribution in [-0.2, 0) is 6.61 Å². The first-order valence-corrected chi connectivity index (χ1v) is 11.5. The predicted molar refractivity (Wildman–Crippen MR) is 139 cm³/mol. The molecule has 3 heteroatoms. The van der Waals surface area contributed by atoms with E-state index in [1.807, 2.05) is 54.6 Å². The highest BCUT2D eigenvalue weighted by Crippen LogP contribution is 2.36. The molecular weight excluding hydrogens is 420 g/mol. The minimum atomic E-state index is 0.549. The van der Waals surface area contributed by atoms with Gasteiger partial charge in [-0.3, -0.25) is 0 Å². The van der Waals surface area contributed by atoms with E-state index >= 15 is 0 Å². The Morgan fingerprint density at radius 1 is 0.559 bits per heavy atom. The molecule has 172 valence electrons. The molecule has 0 aromatic heterocycles. The van der Waals surface area contributed by atoms with Crippen LogP contribution in [0, 0.1) is 0 Å². The van der Waals surface area contributed by atoms with E-state index in [9.17, 15) is 0 Å². The lowest BCUT2D eigenvalue weighted by Gasteiger charge is -2.17. The van der Waals surface area contributed by atoms with Crippen LogP contribution < -0.4 is 14.2 Å². The molecule has 0 bridgehead atoms. The van der Waals surface area contributed by atoms with Gasteiger partial charge in [0.05, 0.1) is 14.2 Å². The Balaban J connectivity index is 1.71. The predicted octanol–water partition coefficient (Wildman–Crippen LogP) is 7.65. The zero-order valence-corrected chi connectivity index (χ0v) is 20.0. The molecule has 0 amide bonds. The largest absolute Gasteiger partial charge is 0.497 e. The van der Waals surface area contributed by atoms with E-state index in [1.54, 1.807) is 14.2 Å². The summed E-state index contributed by atoms with van der Waals surface area (Å²) in [6, 6.07) is 35.1. The Hall–Kier alpha value is -3.98. The molecule has 0 heterocycles. The van der Waals surface area contributed by atoms with Gasteiger partial charge in [-0.1, -0.05) is 73.7 Å². The lowest BCUT2D eigenvalue weighted by atomic mass is 9.88. The minimum absolute atomic E-state index is 0.549. The Labute approximate surface area is 202 Å². The summed E-state index contributed by atoms with van der Waals surface area (Å²) in [5.41, 5.74) is 7.09. The van der Waals surface area contributed by atoms with Crippen LogP contribution in [0.25, 0.3) is 11.1 Å². The highest BCUT2D eigenvalue weighted by atomic mass is 16.5. The van der Waals surface area contributed by atoms with Gasteiger partial charge in [0.1, 0.15) is 23.9 Å². The minimum Gasteiger partial charge on any atom is -0.497 e. The van der Waals surface area contributed by atoms with Crippen LogP contribution in [0.3, 0.4) is 0 Å². The zero-order chi connectivity index (χ0) is 23.8. The van der Waals surface area contributed by atoms with Crippen molar-refractivity contribution in [2.75, 3.05) is 14.2 Å². The number of ether oxygens (including phenoxy) is 3. The van der Waals surface area contributed by atoms with Crippen molar-refractivity contribution in [3.05, 3.63) is 125 Å². The van der Waals surface area contributed by atoms with Gasteiger partial charge in [-0.2, -0.15) is 0 Å². The maximum absolute atomic E-state index is 6.01. The van der Waals surface area contributed by atoms with Gasteiger partial charge in [0, 0.05) is 0 Å². The molecule has 0 aliphatic rings. The molecule has 4 aromatic carbocycles. The third-order valence-corrected chi connectivity index (χ3v) is 5.86. The third-order valence-electron chi connectivity index (χ3n) is 5.86. The summed E-state index contributed by atoms with van der Waals surface area (Å²) in [5, 5.41) is 0. The fraction of sp³-hybridized carbons (Fsp3) is 0.161. The monoisotopic (exact) mass is 450 g/mol.